The Morgan fingerprint density at radius 2 is 1.79 bits per heavy atom. The summed E-state index contributed by atoms with van der Waals surface area (Å²) in [7, 11) is 0.0922. The van der Waals surface area contributed by atoms with Gasteiger partial charge in [0, 0.05) is 30.6 Å². The Labute approximate surface area is 200 Å². The molecule has 0 unspecified atom stereocenters. The number of rotatable bonds is 8. The summed E-state index contributed by atoms with van der Waals surface area (Å²) < 4.78 is 40.8. The first-order chi connectivity index (χ1) is 16.2. The van der Waals surface area contributed by atoms with Crippen LogP contribution in [0.4, 0.5) is 0 Å². The molecule has 2 heterocycles. The molecule has 7 nitrogen and oxygen atoms in total. The van der Waals surface area contributed by atoms with Crippen LogP contribution in [0, 0.1) is 0 Å². The summed E-state index contributed by atoms with van der Waals surface area (Å²) in [4.78, 5) is 14.5. The van der Waals surface area contributed by atoms with Gasteiger partial charge in [-0.05, 0) is 53.3 Å². The van der Waals surface area contributed by atoms with Crippen LogP contribution in [-0.2, 0) is 22.9 Å². The van der Waals surface area contributed by atoms with Crippen molar-refractivity contribution in [2.24, 2.45) is 0 Å². The Kier molecular flexibility index (Phi) is 7.00. The fourth-order valence-corrected chi connectivity index (χ4v) is 6.31. The lowest BCUT2D eigenvalue weighted by Crippen LogP contribution is -2.35. The maximum atomic E-state index is 12.3. The quantitative estimate of drug-likeness (QED) is 0.444. The molecule has 2 aromatic carbocycles. The van der Waals surface area contributed by atoms with Crippen molar-refractivity contribution in [2.45, 2.75) is 45.3 Å². The Balaban J connectivity index is 1.74. The largest absolute Gasteiger partial charge is 0.493 e. The van der Waals surface area contributed by atoms with Crippen molar-refractivity contribution in [1.82, 2.24) is 4.90 Å². The molecular weight excluding hydrogens is 454 g/mol. The highest BCUT2D eigenvalue weighted by Crippen LogP contribution is 2.31. The molecule has 1 saturated heterocycles. The second kappa shape index (κ2) is 9.80. The molecule has 0 amide bonds. The van der Waals surface area contributed by atoms with Gasteiger partial charge in [0.25, 0.3) is 0 Å². The molecule has 0 saturated carbocycles. The number of ether oxygens (including phenoxy) is 2. The first kappa shape index (κ1) is 24.3. The van der Waals surface area contributed by atoms with E-state index < -0.39 is 15.5 Å². The molecule has 182 valence electrons. The molecule has 1 aromatic heterocycles. The second-order valence-electron chi connectivity index (χ2n) is 9.15. The first-order valence-corrected chi connectivity index (χ1v) is 13.2. The van der Waals surface area contributed by atoms with Gasteiger partial charge in [-0.1, -0.05) is 26.0 Å². The Morgan fingerprint density at radius 1 is 1.03 bits per heavy atom. The number of sulfone groups is 1. The Morgan fingerprint density at radius 3 is 2.44 bits per heavy atom. The SMILES string of the molecule is COc1ccc(CN(Cc2cc(=O)oc3ccc(C(C)C)cc23)[C@@H]2CCS(=O)(=O)C2)cc1OC. The number of benzene rings is 2. The zero-order chi connectivity index (χ0) is 24.5. The fraction of sp³-hybridized carbons (Fsp3) is 0.423. The number of hydrogen-bond acceptors (Lipinski definition) is 7. The summed E-state index contributed by atoms with van der Waals surface area (Å²) >= 11 is 0. The van der Waals surface area contributed by atoms with Gasteiger partial charge in [-0.15, -0.1) is 0 Å². The van der Waals surface area contributed by atoms with E-state index in [0.29, 0.717) is 42.5 Å². The third kappa shape index (κ3) is 5.28. The van der Waals surface area contributed by atoms with E-state index in [0.717, 1.165) is 22.1 Å². The van der Waals surface area contributed by atoms with E-state index in [-0.39, 0.29) is 17.5 Å². The van der Waals surface area contributed by atoms with Crippen LogP contribution in [0.5, 0.6) is 11.5 Å². The summed E-state index contributed by atoms with van der Waals surface area (Å²) in [5.41, 5.74) is 3.08. The standard InChI is InChI=1S/C26H31NO6S/c1-17(2)19-6-8-23-22(12-19)20(13-26(28)33-23)15-27(21-9-10-34(29,30)16-21)14-18-5-7-24(31-3)25(11-18)32-4/h5-8,11-13,17,21H,9-10,14-16H2,1-4H3/t21-/m1/s1. The highest BCUT2D eigenvalue weighted by atomic mass is 32.2. The fourth-order valence-electron chi connectivity index (χ4n) is 4.55. The monoisotopic (exact) mass is 485 g/mol. The molecule has 1 fully saturated rings. The van der Waals surface area contributed by atoms with E-state index in [9.17, 15) is 13.2 Å². The molecule has 0 bridgehead atoms. The van der Waals surface area contributed by atoms with Gasteiger partial charge in [-0.25, -0.2) is 13.2 Å². The minimum atomic E-state index is -3.08. The molecule has 0 aliphatic carbocycles. The topological polar surface area (TPSA) is 86.0 Å². The van der Waals surface area contributed by atoms with Crippen LogP contribution in [0.1, 0.15) is 42.9 Å². The molecule has 8 heteroatoms. The predicted molar refractivity (Wildman–Crippen MR) is 132 cm³/mol. The van der Waals surface area contributed by atoms with E-state index in [4.69, 9.17) is 13.9 Å². The highest BCUT2D eigenvalue weighted by molar-refractivity contribution is 7.91. The summed E-state index contributed by atoms with van der Waals surface area (Å²) in [5, 5.41) is 0.879. The minimum Gasteiger partial charge on any atom is -0.493 e. The van der Waals surface area contributed by atoms with Crippen LogP contribution < -0.4 is 15.1 Å². The maximum absolute atomic E-state index is 12.3. The van der Waals surface area contributed by atoms with E-state index in [1.807, 2.05) is 30.3 Å². The third-order valence-corrected chi connectivity index (χ3v) is 8.20. The third-order valence-electron chi connectivity index (χ3n) is 6.45. The summed E-state index contributed by atoms with van der Waals surface area (Å²) in [6.45, 7) is 5.17. The zero-order valence-corrected chi connectivity index (χ0v) is 20.9. The molecule has 0 N–H and O–H groups in total. The summed E-state index contributed by atoms with van der Waals surface area (Å²) in [6, 6.07) is 13.0. The van der Waals surface area contributed by atoms with Gasteiger partial charge in [0.1, 0.15) is 5.58 Å². The van der Waals surface area contributed by atoms with Crippen molar-refractivity contribution >= 4 is 20.8 Å². The van der Waals surface area contributed by atoms with Gasteiger partial charge in [-0.3, -0.25) is 4.90 Å². The van der Waals surface area contributed by atoms with E-state index in [2.05, 4.69) is 24.8 Å². The molecule has 3 aromatic rings. The molecule has 1 aliphatic heterocycles. The Bertz CT molecular complexity index is 1350. The van der Waals surface area contributed by atoms with Crippen LogP contribution in [-0.4, -0.2) is 45.1 Å². The normalized spacial score (nSPS) is 17.5. The van der Waals surface area contributed by atoms with Crippen LogP contribution in [0.15, 0.2) is 51.7 Å². The number of nitrogens with zero attached hydrogens (tertiary/aromatic N) is 1. The molecular formula is C26H31NO6S. The van der Waals surface area contributed by atoms with Gasteiger partial charge >= 0.3 is 5.63 Å². The second-order valence-corrected chi connectivity index (χ2v) is 11.4. The van der Waals surface area contributed by atoms with Gasteiger partial charge in [0.05, 0.1) is 25.7 Å². The van der Waals surface area contributed by atoms with Gasteiger partial charge < -0.3 is 13.9 Å². The van der Waals surface area contributed by atoms with Crippen molar-refractivity contribution in [1.29, 1.82) is 0 Å². The van der Waals surface area contributed by atoms with E-state index in [1.165, 1.54) is 6.07 Å². The maximum Gasteiger partial charge on any atom is 0.336 e. The lowest BCUT2D eigenvalue weighted by atomic mass is 9.99. The van der Waals surface area contributed by atoms with Crippen molar-refractivity contribution in [3.05, 3.63) is 69.6 Å². The Hall–Kier alpha value is -2.84. The minimum absolute atomic E-state index is 0.108. The predicted octanol–water partition coefficient (Wildman–Crippen LogP) is 4.12. The van der Waals surface area contributed by atoms with Crippen molar-refractivity contribution < 1.29 is 22.3 Å². The highest BCUT2D eigenvalue weighted by Gasteiger charge is 2.32. The molecule has 34 heavy (non-hydrogen) atoms. The zero-order valence-electron chi connectivity index (χ0n) is 20.0. The van der Waals surface area contributed by atoms with Gasteiger partial charge in [0.2, 0.25) is 0 Å². The molecule has 0 spiro atoms. The van der Waals surface area contributed by atoms with Crippen LogP contribution >= 0.6 is 0 Å². The number of fused-ring (bicyclic) bond motifs is 1. The van der Waals surface area contributed by atoms with E-state index >= 15 is 0 Å². The lowest BCUT2D eigenvalue weighted by Gasteiger charge is -2.29. The van der Waals surface area contributed by atoms with Crippen LogP contribution in [0.25, 0.3) is 11.0 Å². The number of methoxy groups -OCH3 is 2. The van der Waals surface area contributed by atoms with E-state index in [1.54, 1.807) is 14.2 Å². The summed E-state index contributed by atoms with van der Waals surface area (Å²) in [6.07, 6.45) is 0.562. The summed E-state index contributed by atoms with van der Waals surface area (Å²) in [5.74, 6) is 1.86. The average molecular weight is 486 g/mol. The van der Waals surface area contributed by atoms with Gasteiger partial charge in [-0.2, -0.15) is 0 Å². The van der Waals surface area contributed by atoms with Gasteiger partial charge in [0.15, 0.2) is 21.3 Å². The first-order valence-electron chi connectivity index (χ1n) is 11.4. The van der Waals surface area contributed by atoms with Crippen molar-refractivity contribution in [3.8, 4) is 11.5 Å². The van der Waals surface area contributed by atoms with Crippen molar-refractivity contribution in [3.63, 3.8) is 0 Å². The lowest BCUT2D eigenvalue weighted by molar-refractivity contribution is 0.194. The van der Waals surface area contributed by atoms with Crippen molar-refractivity contribution in [2.75, 3.05) is 25.7 Å². The number of hydrogen-bond donors (Lipinski definition) is 0. The molecule has 1 aliphatic rings. The smallest absolute Gasteiger partial charge is 0.336 e. The average Bonchev–Trinajstić information content (AvgIpc) is 3.17. The van der Waals surface area contributed by atoms with Crippen LogP contribution in [0.3, 0.4) is 0 Å². The van der Waals surface area contributed by atoms with Crippen LogP contribution in [0.2, 0.25) is 0 Å². The molecule has 1 atom stereocenters. The molecule has 0 radical (unpaired) electrons. The molecule has 4 rings (SSSR count).